The molecule has 1 saturated heterocycles. The van der Waals surface area contributed by atoms with E-state index in [9.17, 15) is 0 Å². The molecule has 0 radical (unpaired) electrons. The highest BCUT2D eigenvalue weighted by atomic mass is 15.2. The van der Waals surface area contributed by atoms with Crippen LogP contribution >= 0.6 is 0 Å². The van der Waals surface area contributed by atoms with Crippen LogP contribution in [-0.2, 0) is 0 Å². The van der Waals surface area contributed by atoms with Gasteiger partial charge in [-0.25, -0.2) is 0 Å². The Kier molecular flexibility index (Phi) is 4.28. The van der Waals surface area contributed by atoms with Crippen molar-refractivity contribution in [2.45, 2.75) is 46.6 Å². The SMILES string of the molecule is CCCNC1CCN(c2c(C)cc(C)cc2C)C1. The van der Waals surface area contributed by atoms with Crippen LogP contribution in [-0.4, -0.2) is 25.7 Å². The van der Waals surface area contributed by atoms with Gasteiger partial charge in [-0.1, -0.05) is 24.6 Å². The second-order valence-electron chi connectivity index (χ2n) is 5.63. The molecule has 100 valence electrons. The number of hydrogen-bond acceptors (Lipinski definition) is 2. The van der Waals surface area contributed by atoms with Crippen molar-refractivity contribution in [1.82, 2.24) is 5.32 Å². The normalized spacial score (nSPS) is 19.6. The van der Waals surface area contributed by atoms with Crippen molar-refractivity contribution in [2.24, 2.45) is 0 Å². The van der Waals surface area contributed by atoms with E-state index in [1.54, 1.807) is 0 Å². The molecule has 1 N–H and O–H groups in total. The van der Waals surface area contributed by atoms with E-state index >= 15 is 0 Å². The predicted molar refractivity (Wildman–Crippen MR) is 79.6 cm³/mol. The molecule has 2 rings (SSSR count). The minimum Gasteiger partial charge on any atom is -0.369 e. The van der Waals surface area contributed by atoms with E-state index in [0.717, 1.165) is 13.1 Å². The van der Waals surface area contributed by atoms with Gasteiger partial charge in [-0.3, -0.25) is 0 Å². The Morgan fingerprint density at radius 1 is 1.22 bits per heavy atom. The number of hydrogen-bond donors (Lipinski definition) is 1. The van der Waals surface area contributed by atoms with Crippen LogP contribution in [0, 0.1) is 20.8 Å². The summed E-state index contributed by atoms with van der Waals surface area (Å²) in [6, 6.07) is 5.27. The lowest BCUT2D eigenvalue weighted by molar-refractivity contribution is 0.549. The third-order valence-electron chi connectivity index (χ3n) is 3.82. The molecule has 1 aliphatic heterocycles. The number of nitrogens with zero attached hydrogens (tertiary/aromatic N) is 1. The molecule has 0 spiro atoms. The maximum absolute atomic E-state index is 3.64. The van der Waals surface area contributed by atoms with E-state index in [4.69, 9.17) is 0 Å². The molecule has 1 atom stereocenters. The summed E-state index contributed by atoms with van der Waals surface area (Å²) in [5.74, 6) is 0. The Bertz CT molecular complexity index is 389. The molecule has 18 heavy (non-hydrogen) atoms. The van der Waals surface area contributed by atoms with Crippen LogP contribution < -0.4 is 10.2 Å². The third-order valence-corrected chi connectivity index (χ3v) is 3.82. The second kappa shape index (κ2) is 5.75. The molecular formula is C16H26N2. The lowest BCUT2D eigenvalue weighted by Crippen LogP contribution is -2.33. The van der Waals surface area contributed by atoms with Gasteiger partial charge in [0.25, 0.3) is 0 Å². The average Bonchev–Trinajstić information content (AvgIpc) is 2.73. The van der Waals surface area contributed by atoms with Gasteiger partial charge in [-0.2, -0.15) is 0 Å². The van der Waals surface area contributed by atoms with Crippen molar-refractivity contribution in [3.63, 3.8) is 0 Å². The number of anilines is 1. The van der Waals surface area contributed by atoms with Crippen LogP contribution in [0.1, 0.15) is 36.5 Å². The highest BCUT2D eigenvalue weighted by Gasteiger charge is 2.23. The van der Waals surface area contributed by atoms with Gasteiger partial charge in [-0.05, 0) is 51.3 Å². The van der Waals surface area contributed by atoms with Gasteiger partial charge in [0.05, 0.1) is 0 Å². The minimum atomic E-state index is 0.671. The first-order valence-electron chi connectivity index (χ1n) is 7.18. The molecule has 1 aliphatic rings. The van der Waals surface area contributed by atoms with E-state index in [2.05, 4.69) is 50.0 Å². The van der Waals surface area contributed by atoms with Crippen molar-refractivity contribution in [2.75, 3.05) is 24.5 Å². The molecule has 2 nitrogen and oxygen atoms in total. The number of rotatable bonds is 4. The zero-order valence-electron chi connectivity index (χ0n) is 12.2. The first kappa shape index (κ1) is 13.4. The lowest BCUT2D eigenvalue weighted by atomic mass is 10.0. The highest BCUT2D eigenvalue weighted by molar-refractivity contribution is 5.60. The molecule has 0 saturated carbocycles. The monoisotopic (exact) mass is 246 g/mol. The van der Waals surface area contributed by atoms with Crippen LogP contribution in [0.5, 0.6) is 0 Å². The maximum Gasteiger partial charge on any atom is 0.0426 e. The lowest BCUT2D eigenvalue weighted by Gasteiger charge is -2.24. The van der Waals surface area contributed by atoms with Crippen LogP contribution in [0.15, 0.2) is 12.1 Å². The van der Waals surface area contributed by atoms with E-state index < -0.39 is 0 Å². The van der Waals surface area contributed by atoms with Gasteiger partial charge in [0, 0.05) is 24.8 Å². The fraction of sp³-hybridized carbons (Fsp3) is 0.625. The summed E-state index contributed by atoms with van der Waals surface area (Å²) in [7, 11) is 0. The molecular weight excluding hydrogens is 220 g/mol. The Labute approximate surface area is 111 Å². The molecule has 1 aromatic rings. The molecule has 0 bridgehead atoms. The maximum atomic E-state index is 3.64. The number of nitrogens with one attached hydrogen (secondary N) is 1. The standard InChI is InChI=1S/C16H26N2/c1-5-7-17-15-6-8-18(11-15)16-13(3)9-12(2)10-14(16)4/h9-10,15,17H,5-8,11H2,1-4H3. The molecule has 2 heteroatoms. The fourth-order valence-corrected chi connectivity index (χ4v) is 3.15. The summed E-state index contributed by atoms with van der Waals surface area (Å²) in [5.41, 5.74) is 5.67. The second-order valence-corrected chi connectivity index (χ2v) is 5.63. The summed E-state index contributed by atoms with van der Waals surface area (Å²) < 4.78 is 0. The molecule has 0 aliphatic carbocycles. The quantitative estimate of drug-likeness (QED) is 0.877. The Hall–Kier alpha value is -1.02. The Morgan fingerprint density at radius 2 is 1.89 bits per heavy atom. The summed E-state index contributed by atoms with van der Waals surface area (Å²) in [5, 5.41) is 3.64. The molecule has 1 unspecified atom stereocenters. The summed E-state index contributed by atoms with van der Waals surface area (Å²) in [4.78, 5) is 2.55. The third kappa shape index (κ3) is 2.86. The first-order chi connectivity index (χ1) is 8.61. The van der Waals surface area contributed by atoms with Gasteiger partial charge in [-0.15, -0.1) is 0 Å². The average molecular weight is 246 g/mol. The summed E-state index contributed by atoms with van der Waals surface area (Å²) in [6.45, 7) is 12.4. The number of aryl methyl sites for hydroxylation is 3. The van der Waals surface area contributed by atoms with Crippen molar-refractivity contribution < 1.29 is 0 Å². The fourth-order valence-electron chi connectivity index (χ4n) is 3.15. The molecule has 1 aromatic carbocycles. The minimum absolute atomic E-state index is 0.671. The van der Waals surface area contributed by atoms with Crippen LogP contribution in [0.4, 0.5) is 5.69 Å². The zero-order chi connectivity index (χ0) is 13.1. The highest BCUT2D eigenvalue weighted by Crippen LogP contribution is 2.29. The van der Waals surface area contributed by atoms with Crippen LogP contribution in [0.2, 0.25) is 0 Å². The van der Waals surface area contributed by atoms with Crippen LogP contribution in [0.25, 0.3) is 0 Å². The van der Waals surface area contributed by atoms with Gasteiger partial charge in [0.15, 0.2) is 0 Å². The largest absolute Gasteiger partial charge is 0.369 e. The molecule has 0 amide bonds. The van der Waals surface area contributed by atoms with E-state index in [1.165, 1.54) is 41.8 Å². The van der Waals surface area contributed by atoms with E-state index in [-0.39, 0.29) is 0 Å². The molecule has 0 aromatic heterocycles. The van der Waals surface area contributed by atoms with Crippen molar-refractivity contribution in [1.29, 1.82) is 0 Å². The smallest absolute Gasteiger partial charge is 0.0426 e. The Morgan fingerprint density at radius 3 is 2.50 bits per heavy atom. The van der Waals surface area contributed by atoms with E-state index in [1.807, 2.05) is 0 Å². The van der Waals surface area contributed by atoms with Gasteiger partial charge < -0.3 is 10.2 Å². The van der Waals surface area contributed by atoms with Crippen molar-refractivity contribution >= 4 is 5.69 Å². The van der Waals surface area contributed by atoms with Crippen LogP contribution in [0.3, 0.4) is 0 Å². The Balaban J connectivity index is 2.09. The predicted octanol–water partition coefficient (Wildman–Crippen LogP) is 3.19. The van der Waals surface area contributed by atoms with E-state index in [0.29, 0.717) is 6.04 Å². The topological polar surface area (TPSA) is 15.3 Å². The van der Waals surface area contributed by atoms with Gasteiger partial charge in [0.2, 0.25) is 0 Å². The molecule has 1 fully saturated rings. The first-order valence-corrected chi connectivity index (χ1v) is 7.18. The van der Waals surface area contributed by atoms with Gasteiger partial charge in [0.1, 0.15) is 0 Å². The molecule has 1 heterocycles. The van der Waals surface area contributed by atoms with Gasteiger partial charge >= 0.3 is 0 Å². The van der Waals surface area contributed by atoms with Crippen molar-refractivity contribution in [3.05, 3.63) is 28.8 Å². The van der Waals surface area contributed by atoms with Crippen molar-refractivity contribution in [3.8, 4) is 0 Å². The zero-order valence-corrected chi connectivity index (χ0v) is 12.2. The number of benzene rings is 1. The summed E-state index contributed by atoms with van der Waals surface area (Å²) >= 11 is 0. The summed E-state index contributed by atoms with van der Waals surface area (Å²) in [6.07, 6.45) is 2.49.